The first kappa shape index (κ1) is 20.7. The molecule has 0 aliphatic carbocycles. The number of benzene rings is 2. The number of ether oxygens (including phenoxy) is 3. The molecule has 1 saturated heterocycles. The lowest BCUT2D eigenvalue weighted by Gasteiger charge is -2.31. The van der Waals surface area contributed by atoms with Crippen LogP contribution in [0.2, 0.25) is 0 Å². The molecular weight excluding hydrogens is 398 g/mol. The first-order valence-corrected chi connectivity index (χ1v) is 10.1. The predicted octanol–water partition coefficient (Wildman–Crippen LogP) is 3.78. The molecule has 2 aromatic carbocycles. The molecule has 8 heteroatoms. The molecule has 8 nitrogen and oxygen atoms in total. The molecule has 2 heterocycles. The molecule has 1 aromatic heterocycles. The standard InChI is InChI=1S/C23H25N3O5/c1-28-18-9-5-4-8-17(18)23(27)26-12-6-7-16(14-26)22-24-21(25-31-22)15-10-11-19(29-2)20(13-15)30-3/h4-5,8-11,13,16H,6-7,12,14H2,1-3H3/t16-/m1/s1. The van der Waals surface area contributed by atoms with Gasteiger partial charge in [-0.2, -0.15) is 4.98 Å². The minimum absolute atomic E-state index is 0.0196. The molecule has 0 spiro atoms. The number of hydrogen-bond acceptors (Lipinski definition) is 7. The van der Waals surface area contributed by atoms with E-state index in [2.05, 4.69) is 10.1 Å². The third kappa shape index (κ3) is 4.19. The van der Waals surface area contributed by atoms with Crippen molar-refractivity contribution >= 4 is 5.91 Å². The zero-order valence-corrected chi connectivity index (χ0v) is 17.8. The van der Waals surface area contributed by atoms with Crippen molar-refractivity contribution in [2.24, 2.45) is 0 Å². The molecule has 0 bridgehead atoms. The van der Waals surface area contributed by atoms with Crippen LogP contribution in [0.25, 0.3) is 11.4 Å². The monoisotopic (exact) mass is 423 g/mol. The summed E-state index contributed by atoms with van der Waals surface area (Å²) in [5.74, 6) is 2.73. The molecular formula is C23H25N3O5. The highest BCUT2D eigenvalue weighted by Crippen LogP contribution is 2.33. The van der Waals surface area contributed by atoms with E-state index in [4.69, 9.17) is 18.7 Å². The molecule has 4 rings (SSSR count). The largest absolute Gasteiger partial charge is 0.496 e. The average molecular weight is 423 g/mol. The fourth-order valence-corrected chi connectivity index (χ4v) is 3.85. The van der Waals surface area contributed by atoms with E-state index in [0.717, 1.165) is 18.4 Å². The number of hydrogen-bond donors (Lipinski definition) is 0. The molecule has 1 atom stereocenters. The summed E-state index contributed by atoms with van der Waals surface area (Å²) in [5, 5.41) is 4.14. The third-order valence-electron chi connectivity index (χ3n) is 5.48. The van der Waals surface area contributed by atoms with Crippen LogP contribution in [0.5, 0.6) is 17.2 Å². The number of carbonyl (C=O) groups excluding carboxylic acids is 1. The van der Waals surface area contributed by atoms with Crippen molar-refractivity contribution in [2.45, 2.75) is 18.8 Å². The average Bonchev–Trinajstić information content (AvgIpc) is 3.33. The Kier molecular flexibility index (Phi) is 6.06. The Morgan fingerprint density at radius 3 is 2.58 bits per heavy atom. The van der Waals surface area contributed by atoms with Crippen LogP contribution in [0.1, 0.15) is 35.0 Å². The van der Waals surface area contributed by atoms with E-state index in [-0.39, 0.29) is 11.8 Å². The van der Waals surface area contributed by atoms with Crippen molar-refractivity contribution in [3.8, 4) is 28.6 Å². The van der Waals surface area contributed by atoms with Gasteiger partial charge in [-0.15, -0.1) is 0 Å². The summed E-state index contributed by atoms with van der Waals surface area (Å²) in [5.41, 5.74) is 1.33. The Hall–Kier alpha value is -3.55. The summed E-state index contributed by atoms with van der Waals surface area (Å²) < 4.78 is 21.6. The summed E-state index contributed by atoms with van der Waals surface area (Å²) in [6.45, 7) is 1.20. The molecule has 0 N–H and O–H groups in total. The Morgan fingerprint density at radius 2 is 1.81 bits per heavy atom. The lowest BCUT2D eigenvalue weighted by Crippen LogP contribution is -2.39. The number of amides is 1. The number of rotatable bonds is 6. The number of likely N-dealkylation sites (tertiary alicyclic amines) is 1. The van der Waals surface area contributed by atoms with E-state index < -0.39 is 0 Å². The Morgan fingerprint density at radius 1 is 1.03 bits per heavy atom. The molecule has 31 heavy (non-hydrogen) atoms. The number of piperidine rings is 1. The van der Waals surface area contributed by atoms with Crippen molar-refractivity contribution in [1.29, 1.82) is 0 Å². The topological polar surface area (TPSA) is 86.9 Å². The summed E-state index contributed by atoms with van der Waals surface area (Å²) in [6, 6.07) is 12.7. The van der Waals surface area contributed by atoms with Crippen LogP contribution >= 0.6 is 0 Å². The van der Waals surface area contributed by atoms with E-state index >= 15 is 0 Å². The lowest BCUT2D eigenvalue weighted by molar-refractivity contribution is 0.0692. The van der Waals surface area contributed by atoms with Gasteiger partial charge in [-0.1, -0.05) is 17.3 Å². The molecule has 1 aliphatic heterocycles. The van der Waals surface area contributed by atoms with Crippen LogP contribution in [-0.2, 0) is 0 Å². The quantitative estimate of drug-likeness (QED) is 0.596. The SMILES string of the molecule is COc1ccc(-c2noc([C@@H]3CCCN(C(=O)c4ccccc4OC)C3)n2)cc1OC. The first-order valence-electron chi connectivity index (χ1n) is 10.1. The fourth-order valence-electron chi connectivity index (χ4n) is 3.85. The van der Waals surface area contributed by atoms with Gasteiger partial charge in [0.15, 0.2) is 11.5 Å². The van der Waals surface area contributed by atoms with Crippen LogP contribution in [-0.4, -0.2) is 55.4 Å². The van der Waals surface area contributed by atoms with E-state index in [0.29, 0.717) is 47.6 Å². The molecule has 1 fully saturated rings. The van der Waals surface area contributed by atoms with Crippen molar-refractivity contribution in [2.75, 3.05) is 34.4 Å². The van der Waals surface area contributed by atoms with Gasteiger partial charge in [0.1, 0.15) is 5.75 Å². The van der Waals surface area contributed by atoms with Gasteiger partial charge in [0.25, 0.3) is 5.91 Å². The summed E-state index contributed by atoms with van der Waals surface area (Å²) in [4.78, 5) is 19.5. The molecule has 1 amide bonds. The Bertz CT molecular complexity index is 1060. The molecule has 3 aromatic rings. The molecule has 0 radical (unpaired) electrons. The second-order valence-electron chi connectivity index (χ2n) is 7.32. The first-order chi connectivity index (χ1) is 15.1. The summed E-state index contributed by atoms with van der Waals surface area (Å²) in [6.07, 6.45) is 1.74. The normalized spacial score (nSPS) is 16.1. The number of carbonyl (C=O) groups is 1. The second-order valence-corrected chi connectivity index (χ2v) is 7.32. The van der Waals surface area contributed by atoms with Gasteiger partial charge in [0.2, 0.25) is 11.7 Å². The van der Waals surface area contributed by atoms with Gasteiger partial charge in [-0.05, 0) is 43.2 Å². The number of methoxy groups -OCH3 is 3. The van der Waals surface area contributed by atoms with Crippen LogP contribution in [0.4, 0.5) is 0 Å². The highest BCUT2D eigenvalue weighted by atomic mass is 16.5. The third-order valence-corrected chi connectivity index (χ3v) is 5.48. The van der Waals surface area contributed by atoms with Crippen molar-refractivity contribution < 1.29 is 23.5 Å². The molecule has 0 saturated carbocycles. The molecule has 0 unspecified atom stereocenters. The van der Waals surface area contributed by atoms with Gasteiger partial charge < -0.3 is 23.6 Å². The zero-order valence-electron chi connectivity index (χ0n) is 17.8. The van der Waals surface area contributed by atoms with E-state index in [1.807, 2.05) is 29.2 Å². The zero-order chi connectivity index (χ0) is 21.8. The maximum atomic E-state index is 13.1. The second kappa shape index (κ2) is 9.07. The molecule has 162 valence electrons. The summed E-state index contributed by atoms with van der Waals surface area (Å²) in [7, 11) is 4.74. The van der Waals surface area contributed by atoms with Gasteiger partial charge in [-0.25, -0.2) is 0 Å². The van der Waals surface area contributed by atoms with Crippen molar-refractivity contribution in [3.63, 3.8) is 0 Å². The highest BCUT2D eigenvalue weighted by molar-refractivity contribution is 5.97. The van der Waals surface area contributed by atoms with E-state index in [9.17, 15) is 4.79 Å². The minimum Gasteiger partial charge on any atom is -0.496 e. The number of nitrogens with zero attached hydrogens (tertiary/aromatic N) is 3. The summed E-state index contributed by atoms with van der Waals surface area (Å²) >= 11 is 0. The van der Waals surface area contributed by atoms with Crippen LogP contribution in [0, 0.1) is 0 Å². The highest BCUT2D eigenvalue weighted by Gasteiger charge is 2.30. The van der Waals surface area contributed by atoms with Crippen LogP contribution < -0.4 is 14.2 Å². The van der Waals surface area contributed by atoms with Gasteiger partial charge >= 0.3 is 0 Å². The Labute approximate surface area is 180 Å². The maximum Gasteiger partial charge on any atom is 0.257 e. The van der Waals surface area contributed by atoms with Gasteiger partial charge in [-0.3, -0.25) is 4.79 Å². The van der Waals surface area contributed by atoms with Gasteiger partial charge in [0, 0.05) is 18.7 Å². The predicted molar refractivity (Wildman–Crippen MR) is 114 cm³/mol. The number of aromatic nitrogens is 2. The minimum atomic E-state index is -0.0539. The van der Waals surface area contributed by atoms with E-state index in [1.165, 1.54) is 0 Å². The maximum absolute atomic E-state index is 13.1. The van der Waals surface area contributed by atoms with Crippen LogP contribution in [0.15, 0.2) is 47.0 Å². The van der Waals surface area contributed by atoms with E-state index in [1.54, 1.807) is 39.5 Å². The lowest BCUT2D eigenvalue weighted by atomic mass is 9.97. The van der Waals surface area contributed by atoms with Gasteiger partial charge in [0.05, 0.1) is 32.8 Å². The smallest absolute Gasteiger partial charge is 0.257 e. The fraction of sp³-hybridized carbons (Fsp3) is 0.348. The molecule has 1 aliphatic rings. The Balaban J connectivity index is 1.52. The number of para-hydroxylation sites is 1. The van der Waals surface area contributed by atoms with Crippen molar-refractivity contribution in [1.82, 2.24) is 15.0 Å². The van der Waals surface area contributed by atoms with Crippen LogP contribution in [0.3, 0.4) is 0 Å². The van der Waals surface area contributed by atoms with Crippen molar-refractivity contribution in [3.05, 3.63) is 53.9 Å².